The number of para-hydroxylation sites is 1. The molecule has 4 rings (SSSR count). The molecule has 4 atom stereocenters. The predicted octanol–water partition coefficient (Wildman–Crippen LogP) is 3.53. The van der Waals surface area contributed by atoms with Gasteiger partial charge in [0.15, 0.2) is 15.3 Å². The Kier molecular flexibility index (Phi) is 10.6. The highest BCUT2D eigenvalue weighted by Crippen LogP contribution is 2.35. The number of ether oxygens (including phenoxy) is 1. The van der Waals surface area contributed by atoms with E-state index in [4.69, 9.17) is 9.88 Å². The summed E-state index contributed by atoms with van der Waals surface area (Å²) in [5, 5.41) is 6.18. The summed E-state index contributed by atoms with van der Waals surface area (Å²) in [6.45, 7) is 8.25. The largest absolute Gasteiger partial charge is 0.351 e. The number of nitrogens with zero attached hydrogens (tertiary/aromatic N) is 3. The van der Waals surface area contributed by atoms with Crippen molar-refractivity contribution in [2.24, 2.45) is 5.14 Å². The predicted molar refractivity (Wildman–Crippen MR) is 178 cm³/mol. The third-order valence-electron chi connectivity index (χ3n) is 8.76. The van der Waals surface area contributed by atoms with Crippen molar-refractivity contribution in [2.75, 3.05) is 12.8 Å². The van der Waals surface area contributed by atoms with Crippen LogP contribution in [0.4, 0.5) is 0 Å². The monoisotopic (exact) mass is 672 g/mol. The van der Waals surface area contributed by atoms with E-state index in [1.54, 1.807) is 36.1 Å². The maximum atomic E-state index is 14.9. The molecule has 0 spiro atoms. The van der Waals surface area contributed by atoms with Gasteiger partial charge in [-0.15, -0.1) is 0 Å². The first kappa shape index (κ1) is 35.5. The molecule has 2 unspecified atom stereocenters. The first-order chi connectivity index (χ1) is 21.5. The summed E-state index contributed by atoms with van der Waals surface area (Å²) in [4.78, 5) is 36.5. The Morgan fingerprint density at radius 1 is 0.978 bits per heavy atom. The van der Waals surface area contributed by atoms with Gasteiger partial charge in [0.25, 0.3) is 5.91 Å². The van der Waals surface area contributed by atoms with Crippen LogP contribution in [0.1, 0.15) is 63.5 Å². The Hall–Kier alpha value is -3.39. The number of aromatic nitrogens is 1. The van der Waals surface area contributed by atoms with Crippen LogP contribution in [0.25, 0.3) is 10.9 Å². The lowest BCUT2D eigenvalue weighted by atomic mass is 9.94. The van der Waals surface area contributed by atoms with Gasteiger partial charge in [-0.3, -0.25) is 9.59 Å². The molecule has 46 heavy (non-hydrogen) atoms. The molecule has 2 heterocycles. The molecule has 2 amide bonds. The van der Waals surface area contributed by atoms with Crippen molar-refractivity contribution >= 4 is 42.6 Å². The number of pyridine rings is 1. The van der Waals surface area contributed by atoms with Crippen LogP contribution in [0.3, 0.4) is 0 Å². The second-order valence-electron chi connectivity index (χ2n) is 12.6. The number of amides is 2. The number of rotatable bonds is 14. The van der Waals surface area contributed by atoms with Crippen LogP contribution >= 0.6 is 0 Å². The molecule has 0 bridgehead atoms. The van der Waals surface area contributed by atoms with Crippen LogP contribution < -0.4 is 5.14 Å². The van der Waals surface area contributed by atoms with E-state index in [1.165, 1.54) is 18.7 Å². The molecular weight excluding hydrogens is 629 g/mol. The second kappa shape index (κ2) is 13.8. The van der Waals surface area contributed by atoms with E-state index < -0.39 is 66.1 Å². The molecule has 2 N–H and O–H groups in total. The summed E-state index contributed by atoms with van der Waals surface area (Å²) in [7, 11) is -7.87. The summed E-state index contributed by atoms with van der Waals surface area (Å²) in [6, 6.07) is 17.9. The standard InChI is InChI=1S/C33H44N4O7S2/c1-7-36(30(38)27-20-18-24-15-11-12-16-26(24)35-27)29(33(4,5)45(6,40)41)31(39)37(22(2)3)25(19-17-23-13-9-8-10-14-23)21-28-32(44-28)46(34,42)43/h8-16,18,20,22,25,28-29,32H,7,17,19,21H2,1-6H3,(H2,34,42,43)/t25-,28?,29-,32?/m1/s1. The fourth-order valence-corrected chi connectivity index (χ4v) is 7.45. The number of aryl methyl sites for hydroxylation is 1. The van der Waals surface area contributed by atoms with Crippen molar-refractivity contribution < 1.29 is 31.2 Å². The Bertz CT molecular complexity index is 1780. The van der Waals surface area contributed by atoms with Gasteiger partial charge in [0, 0.05) is 30.3 Å². The van der Waals surface area contributed by atoms with Crippen molar-refractivity contribution in [3.8, 4) is 0 Å². The first-order valence-corrected chi connectivity index (χ1v) is 18.9. The maximum absolute atomic E-state index is 14.9. The zero-order valence-corrected chi connectivity index (χ0v) is 28.8. The van der Waals surface area contributed by atoms with Crippen molar-refractivity contribution in [1.82, 2.24) is 14.8 Å². The topological polar surface area (TPSA) is 160 Å². The fourth-order valence-electron chi connectivity index (χ4n) is 5.98. The first-order valence-electron chi connectivity index (χ1n) is 15.4. The highest BCUT2D eigenvalue weighted by atomic mass is 32.2. The molecule has 13 heteroatoms. The third kappa shape index (κ3) is 7.76. The van der Waals surface area contributed by atoms with Gasteiger partial charge in [-0.25, -0.2) is 27.0 Å². The van der Waals surface area contributed by atoms with E-state index in [-0.39, 0.29) is 18.7 Å². The van der Waals surface area contributed by atoms with Gasteiger partial charge in [0.05, 0.1) is 10.3 Å². The lowest BCUT2D eigenvalue weighted by Crippen LogP contribution is -2.64. The molecule has 2 aromatic carbocycles. The van der Waals surface area contributed by atoms with E-state index in [0.717, 1.165) is 17.2 Å². The van der Waals surface area contributed by atoms with Gasteiger partial charge in [0.2, 0.25) is 15.9 Å². The second-order valence-corrected chi connectivity index (χ2v) is 16.9. The third-order valence-corrected chi connectivity index (χ3v) is 12.0. The summed E-state index contributed by atoms with van der Waals surface area (Å²) < 4.78 is 54.5. The van der Waals surface area contributed by atoms with Gasteiger partial charge in [-0.2, -0.15) is 0 Å². The fraction of sp³-hybridized carbons (Fsp3) is 0.485. The number of epoxide rings is 1. The van der Waals surface area contributed by atoms with Gasteiger partial charge in [-0.1, -0.05) is 54.6 Å². The number of carbonyl (C=O) groups excluding carboxylic acids is 2. The molecule has 1 fully saturated rings. The quantitative estimate of drug-likeness (QED) is 0.255. The number of primary sulfonamides is 1. The Balaban J connectivity index is 1.78. The minimum atomic E-state index is -3.96. The molecule has 250 valence electrons. The summed E-state index contributed by atoms with van der Waals surface area (Å²) in [6.07, 6.45) is 1.49. The highest BCUT2D eigenvalue weighted by molar-refractivity contribution is 7.92. The van der Waals surface area contributed by atoms with Crippen LogP contribution in [0.5, 0.6) is 0 Å². The van der Waals surface area contributed by atoms with Gasteiger partial charge < -0.3 is 14.5 Å². The minimum absolute atomic E-state index is 0.0303. The van der Waals surface area contributed by atoms with Crippen LogP contribution in [0.2, 0.25) is 0 Å². The lowest BCUT2D eigenvalue weighted by Gasteiger charge is -2.45. The summed E-state index contributed by atoms with van der Waals surface area (Å²) >= 11 is 0. The zero-order valence-electron chi connectivity index (χ0n) is 27.2. The number of nitrogens with two attached hydrogens (primary N) is 1. The molecule has 0 radical (unpaired) electrons. The molecule has 0 saturated carbocycles. The minimum Gasteiger partial charge on any atom is -0.351 e. The van der Waals surface area contributed by atoms with E-state index in [9.17, 15) is 26.4 Å². The van der Waals surface area contributed by atoms with Gasteiger partial charge in [-0.05, 0) is 71.6 Å². The number of likely N-dealkylation sites (N-methyl/N-ethyl adjacent to an activating group) is 1. The average Bonchev–Trinajstić information content (AvgIpc) is 3.77. The number of sulfonamides is 1. The van der Waals surface area contributed by atoms with Gasteiger partial charge in [0.1, 0.15) is 17.8 Å². The maximum Gasteiger partial charge on any atom is 0.273 e. The van der Waals surface area contributed by atoms with Crippen LogP contribution in [0.15, 0.2) is 66.7 Å². The number of hydrogen-bond donors (Lipinski definition) is 1. The number of carbonyl (C=O) groups is 2. The lowest BCUT2D eigenvalue weighted by molar-refractivity contribution is -0.142. The molecule has 3 aromatic rings. The number of benzene rings is 2. The van der Waals surface area contributed by atoms with E-state index in [2.05, 4.69) is 4.98 Å². The molecule has 1 aromatic heterocycles. The average molecular weight is 673 g/mol. The molecular formula is C33H44N4O7S2. The Labute approximate surface area is 272 Å². The molecule has 1 saturated heterocycles. The van der Waals surface area contributed by atoms with Crippen LogP contribution in [-0.4, -0.2) is 90.6 Å². The van der Waals surface area contributed by atoms with Gasteiger partial charge >= 0.3 is 0 Å². The van der Waals surface area contributed by atoms with Crippen LogP contribution in [0, 0.1) is 0 Å². The van der Waals surface area contributed by atoms with E-state index >= 15 is 0 Å². The Morgan fingerprint density at radius 3 is 2.17 bits per heavy atom. The molecule has 11 nitrogen and oxygen atoms in total. The van der Waals surface area contributed by atoms with Crippen molar-refractivity contribution in [1.29, 1.82) is 0 Å². The number of sulfone groups is 1. The number of fused-ring (bicyclic) bond motifs is 1. The normalized spacial score (nSPS) is 18.3. The van der Waals surface area contributed by atoms with Crippen molar-refractivity contribution in [3.63, 3.8) is 0 Å². The molecule has 1 aliphatic rings. The van der Waals surface area contributed by atoms with Crippen LogP contribution in [-0.2, 0) is 35.8 Å². The highest BCUT2D eigenvalue weighted by Gasteiger charge is 2.53. The summed E-state index contributed by atoms with van der Waals surface area (Å²) in [5.74, 6) is -1.14. The van der Waals surface area contributed by atoms with E-state index in [1.807, 2.05) is 56.3 Å². The van der Waals surface area contributed by atoms with E-state index in [0.29, 0.717) is 18.4 Å². The van der Waals surface area contributed by atoms with Crippen molar-refractivity contribution in [3.05, 3.63) is 78.0 Å². The number of hydrogen-bond acceptors (Lipinski definition) is 8. The molecule has 0 aliphatic carbocycles. The summed E-state index contributed by atoms with van der Waals surface area (Å²) in [5.41, 5.74) is 0.519. The molecule has 1 aliphatic heterocycles. The smallest absolute Gasteiger partial charge is 0.273 e. The van der Waals surface area contributed by atoms with Crippen molar-refractivity contribution in [2.45, 2.75) is 88.3 Å². The zero-order chi connectivity index (χ0) is 34.0. The Morgan fingerprint density at radius 2 is 1.61 bits per heavy atom. The SMILES string of the molecule is CCN(C(=O)c1ccc2ccccc2n1)[C@H](C(=O)N(C(C)C)[C@H](CCc1ccccc1)CC1OC1S(N)(=O)=O)C(C)(C)S(C)(=O)=O.